The average Bonchev–Trinajstić information content (AvgIpc) is 2.67. The van der Waals surface area contributed by atoms with Crippen LogP contribution in [0.4, 0.5) is 10.1 Å². The first-order valence-electron chi connectivity index (χ1n) is 9.48. The van der Waals surface area contributed by atoms with Crippen LogP contribution in [0.15, 0.2) is 18.2 Å². The lowest BCUT2D eigenvalue weighted by Crippen LogP contribution is -2.51. The Hall–Kier alpha value is -1.70. The summed E-state index contributed by atoms with van der Waals surface area (Å²) in [5.41, 5.74) is 0.0956. The number of piperidine rings is 1. The molecule has 2 aliphatic heterocycles. The van der Waals surface area contributed by atoms with Gasteiger partial charge < -0.3 is 10.2 Å². The molecule has 0 unspecified atom stereocenters. The fourth-order valence-electron chi connectivity index (χ4n) is 3.53. The Morgan fingerprint density at radius 3 is 2.26 bits per heavy atom. The maximum absolute atomic E-state index is 13.7. The predicted molar refractivity (Wildman–Crippen MR) is 103 cm³/mol. The summed E-state index contributed by atoms with van der Waals surface area (Å²) in [6.07, 6.45) is 3.41. The van der Waals surface area contributed by atoms with E-state index in [1.807, 2.05) is 9.80 Å². The number of amides is 2. The Bertz CT molecular complexity index is 674. The molecule has 1 aromatic rings. The van der Waals surface area contributed by atoms with Gasteiger partial charge in [-0.3, -0.25) is 19.4 Å². The van der Waals surface area contributed by atoms with Gasteiger partial charge in [-0.15, -0.1) is 0 Å². The van der Waals surface area contributed by atoms with Crippen LogP contribution in [0.2, 0.25) is 5.02 Å². The van der Waals surface area contributed by atoms with E-state index < -0.39 is 5.82 Å². The van der Waals surface area contributed by atoms with Crippen LogP contribution in [0, 0.1) is 5.82 Å². The Morgan fingerprint density at radius 2 is 1.59 bits per heavy atom. The zero-order valence-corrected chi connectivity index (χ0v) is 16.2. The highest BCUT2D eigenvalue weighted by atomic mass is 35.5. The molecule has 6 nitrogen and oxygen atoms in total. The first-order valence-corrected chi connectivity index (χ1v) is 9.86. The number of rotatable bonds is 5. The molecule has 8 heteroatoms. The van der Waals surface area contributed by atoms with Crippen molar-refractivity contribution in [2.24, 2.45) is 0 Å². The number of benzene rings is 1. The minimum Gasteiger partial charge on any atom is -0.342 e. The van der Waals surface area contributed by atoms with Gasteiger partial charge in [-0.05, 0) is 37.5 Å². The van der Waals surface area contributed by atoms with Crippen molar-refractivity contribution >= 4 is 29.1 Å². The summed E-state index contributed by atoms with van der Waals surface area (Å²) < 4.78 is 13.7. The van der Waals surface area contributed by atoms with Gasteiger partial charge in [-0.25, -0.2) is 4.39 Å². The lowest BCUT2D eigenvalue weighted by Gasteiger charge is -2.35. The van der Waals surface area contributed by atoms with E-state index in [0.29, 0.717) is 24.7 Å². The Balaban J connectivity index is 1.40. The first kappa shape index (κ1) is 20.0. The van der Waals surface area contributed by atoms with Crippen LogP contribution < -0.4 is 5.32 Å². The van der Waals surface area contributed by atoms with Gasteiger partial charge in [0.1, 0.15) is 5.82 Å². The summed E-state index contributed by atoms with van der Waals surface area (Å²) in [7, 11) is 0. The number of piperazine rings is 1. The van der Waals surface area contributed by atoms with Crippen molar-refractivity contribution in [3.63, 3.8) is 0 Å². The maximum Gasteiger partial charge on any atom is 0.238 e. The van der Waals surface area contributed by atoms with E-state index in [0.717, 1.165) is 39.0 Å². The molecule has 2 saturated heterocycles. The highest BCUT2D eigenvalue weighted by Gasteiger charge is 2.23. The largest absolute Gasteiger partial charge is 0.342 e. The van der Waals surface area contributed by atoms with E-state index in [2.05, 4.69) is 10.2 Å². The summed E-state index contributed by atoms with van der Waals surface area (Å²) in [6, 6.07) is 4.08. The van der Waals surface area contributed by atoms with Crippen LogP contribution in [0.1, 0.15) is 19.3 Å². The molecule has 2 amide bonds. The molecule has 3 rings (SSSR count). The normalized spacial score (nSPS) is 19.1. The summed E-state index contributed by atoms with van der Waals surface area (Å²) in [6.45, 7) is 5.31. The highest BCUT2D eigenvalue weighted by Crippen LogP contribution is 2.19. The molecule has 0 spiro atoms. The number of hydrogen-bond acceptors (Lipinski definition) is 4. The second-order valence-corrected chi connectivity index (χ2v) is 7.60. The van der Waals surface area contributed by atoms with Crippen LogP contribution >= 0.6 is 11.6 Å². The Morgan fingerprint density at radius 1 is 0.963 bits per heavy atom. The van der Waals surface area contributed by atoms with Crippen LogP contribution in [0.5, 0.6) is 0 Å². The highest BCUT2D eigenvalue weighted by molar-refractivity contribution is 6.30. The number of hydrogen-bond donors (Lipinski definition) is 1. The van der Waals surface area contributed by atoms with Gasteiger partial charge in [0.2, 0.25) is 11.8 Å². The number of anilines is 1. The molecule has 2 aliphatic rings. The molecule has 0 atom stereocenters. The van der Waals surface area contributed by atoms with Crippen molar-refractivity contribution in [1.29, 1.82) is 0 Å². The second-order valence-electron chi connectivity index (χ2n) is 7.17. The predicted octanol–water partition coefficient (Wildman–Crippen LogP) is 2.05. The maximum atomic E-state index is 13.7. The molecule has 1 N–H and O–H groups in total. The summed E-state index contributed by atoms with van der Waals surface area (Å²) in [5, 5.41) is 2.94. The second kappa shape index (κ2) is 9.48. The SMILES string of the molecule is O=C(CN1CCN(CC(=O)N2CCCCC2)CC1)Nc1cc(Cl)ccc1F. The lowest BCUT2D eigenvalue weighted by molar-refractivity contribution is -0.134. The van der Waals surface area contributed by atoms with Gasteiger partial charge in [0, 0.05) is 44.3 Å². The molecule has 0 bridgehead atoms. The molecule has 2 heterocycles. The summed E-state index contributed by atoms with van der Waals surface area (Å²) in [4.78, 5) is 30.6. The smallest absolute Gasteiger partial charge is 0.238 e. The molecule has 1 aromatic carbocycles. The van der Waals surface area contributed by atoms with Crippen molar-refractivity contribution in [2.45, 2.75) is 19.3 Å². The van der Waals surface area contributed by atoms with Gasteiger partial charge in [0.05, 0.1) is 18.8 Å². The molecular formula is C19H26ClFN4O2. The fraction of sp³-hybridized carbons (Fsp3) is 0.579. The van der Waals surface area contributed by atoms with Crippen molar-refractivity contribution in [3.05, 3.63) is 29.0 Å². The quantitative estimate of drug-likeness (QED) is 0.827. The number of carbonyl (C=O) groups is 2. The molecule has 148 valence electrons. The van der Waals surface area contributed by atoms with Crippen LogP contribution in [-0.4, -0.2) is 78.9 Å². The van der Waals surface area contributed by atoms with Gasteiger partial charge in [0.15, 0.2) is 0 Å². The van der Waals surface area contributed by atoms with Crippen LogP contribution in [-0.2, 0) is 9.59 Å². The molecule has 2 fully saturated rings. The van der Waals surface area contributed by atoms with Gasteiger partial charge in [-0.1, -0.05) is 11.6 Å². The third-order valence-electron chi connectivity index (χ3n) is 5.10. The van der Waals surface area contributed by atoms with E-state index >= 15 is 0 Å². The topological polar surface area (TPSA) is 55.9 Å². The third-order valence-corrected chi connectivity index (χ3v) is 5.34. The minimum absolute atomic E-state index is 0.0956. The van der Waals surface area contributed by atoms with Gasteiger partial charge in [0.25, 0.3) is 0 Å². The van der Waals surface area contributed by atoms with Crippen molar-refractivity contribution in [1.82, 2.24) is 14.7 Å². The number of likely N-dealkylation sites (tertiary alicyclic amines) is 1. The molecule has 0 aliphatic carbocycles. The molecule has 27 heavy (non-hydrogen) atoms. The van der Waals surface area contributed by atoms with Crippen molar-refractivity contribution in [2.75, 3.05) is 57.7 Å². The number of halogens is 2. The van der Waals surface area contributed by atoms with Crippen molar-refractivity contribution < 1.29 is 14.0 Å². The number of nitrogens with one attached hydrogen (secondary N) is 1. The standard InChI is InChI=1S/C19H26ClFN4O2/c20-15-4-5-16(21)17(12-15)22-18(26)13-23-8-10-24(11-9-23)14-19(27)25-6-2-1-3-7-25/h4-5,12H,1-3,6-11,13-14H2,(H,22,26). The summed E-state index contributed by atoms with van der Waals surface area (Å²) in [5.74, 6) is -0.569. The third kappa shape index (κ3) is 5.89. The number of nitrogens with zero attached hydrogens (tertiary/aromatic N) is 3. The van der Waals surface area contributed by atoms with E-state index in [1.54, 1.807) is 0 Å². The Kier molecular flexibility index (Phi) is 7.04. The molecule has 0 aromatic heterocycles. The van der Waals surface area contributed by atoms with E-state index in [-0.39, 0.29) is 24.0 Å². The zero-order chi connectivity index (χ0) is 19.2. The fourth-order valence-corrected chi connectivity index (χ4v) is 3.70. The van der Waals surface area contributed by atoms with Gasteiger partial charge >= 0.3 is 0 Å². The summed E-state index contributed by atoms with van der Waals surface area (Å²) >= 11 is 5.84. The average molecular weight is 397 g/mol. The Labute approximate surface area is 164 Å². The minimum atomic E-state index is -0.506. The van der Waals surface area contributed by atoms with Crippen molar-refractivity contribution in [3.8, 4) is 0 Å². The molecule has 0 saturated carbocycles. The lowest BCUT2D eigenvalue weighted by atomic mass is 10.1. The van der Waals surface area contributed by atoms with E-state index in [1.165, 1.54) is 24.6 Å². The molecular weight excluding hydrogens is 371 g/mol. The monoisotopic (exact) mass is 396 g/mol. The first-order chi connectivity index (χ1) is 13.0. The molecule has 0 radical (unpaired) electrons. The van der Waals surface area contributed by atoms with E-state index in [9.17, 15) is 14.0 Å². The van der Waals surface area contributed by atoms with Crippen LogP contribution in [0.3, 0.4) is 0 Å². The van der Waals surface area contributed by atoms with Gasteiger partial charge in [-0.2, -0.15) is 0 Å². The van der Waals surface area contributed by atoms with Crippen LogP contribution in [0.25, 0.3) is 0 Å². The number of carbonyl (C=O) groups excluding carboxylic acids is 2. The van der Waals surface area contributed by atoms with E-state index in [4.69, 9.17) is 11.6 Å². The zero-order valence-electron chi connectivity index (χ0n) is 15.4.